The van der Waals surface area contributed by atoms with E-state index in [-0.39, 0.29) is 17.0 Å². The fourth-order valence-electron chi connectivity index (χ4n) is 2.35. The number of aliphatic hydroxyl groups excluding tert-OH is 2. The van der Waals surface area contributed by atoms with E-state index >= 15 is 0 Å². The second kappa shape index (κ2) is 6.52. The molecule has 0 bridgehead atoms. The van der Waals surface area contributed by atoms with Crippen molar-refractivity contribution in [2.45, 2.75) is 11.8 Å². The molecule has 5 heteroatoms. The lowest BCUT2D eigenvalue weighted by Gasteiger charge is -2.31. The molecule has 0 radical (unpaired) electrons. The minimum Gasteiger partial charge on any atom is -0.395 e. The Hall–Kier alpha value is -1.49. The zero-order chi connectivity index (χ0) is 15.5. The lowest BCUT2D eigenvalue weighted by molar-refractivity contribution is 0.113. The molecule has 21 heavy (non-hydrogen) atoms. The second-order valence-electron chi connectivity index (χ2n) is 4.99. The lowest BCUT2D eigenvalue weighted by Crippen LogP contribution is -2.38. The quantitative estimate of drug-likeness (QED) is 0.891. The number of benzene rings is 2. The number of hydrogen-bond acceptors (Lipinski definition) is 2. The van der Waals surface area contributed by atoms with Crippen molar-refractivity contribution in [2.75, 3.05) is 13.2 Å². The molecule has 0 amide bonds. The highest BCUT2D eigenvalue weighted by Crippen LogP contribution is 2.32. The minimum atomic E-state index is -1.22. The van der Waals surface area contributed by atoms with Gasteiger partial charge >= 0.3 is 0 Å². The molecule has 0 fully saturated rings. The van der Waals surface area contributed by atoms with Gasteiger partial charge < -0.3 is 10.2 Å². The van der Waals surface area contributed by atoms with Crippen LogP contribution in [0.4, 0.5) is 8.78 Å². The van der Waals surface area contributed by atoms with E-state index in [1.807, 2.05) is 0 Å². The summed E-state index contributed by atoms with van der Waals surface area (Å²) < 4.78 is 27.1. The zero-order valence-corrected chi connectivity index (χ0v) is 11.9. The van der Waals surface area contributed by atoms with Gasteiger partial charge in [-0.1, -0.05) is 35.9 Å². The Morgan fingerprint density at radius 1 is 1.00 bits per heavy atom. The first kappa shape index (κ1) is 15.9. The van der Waals surface area contributed by atoms with Crippen molar-refractivity contribution in [3.63, 3.8) is 0 Å². The molecule has 0 aromatic heterocycles. The van der Waals surface area contributed by atoms with Gasteiger partial charge in [0.25, 0.3) is 0 Å². The van der Waals surface area contributed by atoms with E-state index < -0.39 is 30.3 Å². The van der Waals surface area contributed by atoms with Crippen LogP contribution in [-0.4, -0.2) is 23.4 Å². The lowest BCUT2D eigenvalue weighted by atomic mass is 9.76. The molecular formula is C16H15ClF2O2. The Bertz CT molecular complexity index is 627. The second-order valence-corrected chi connectivity index (χ2v) is 5.40. The summed E-state index contributed by atoms with van der Waals surface area (Å²) in [5.74, 6) is -0.993. The maximum Gasteiger partial charge on any atom is 0.127 e. The van der Waals surface area contributed by atoms with Crippen LogP contribution in [0.25, 0.3) is 0 Å². The highest BCUT2D eigenvalue weighted by molar-refractivity contribution is 6.31. The number of rotatable bonds is 5. The third-order valence-electron chi connectivity index (χ3n) is 3.59. The Balaban J connectivity index is 2.46. The van der Waals surface area contributed by atoms with Gasteiger partial charge in [-0.3, -0.25) is 0 Å². The molecule has 0 unspecified atom stereocenters. The third kappa shape index (κ3) is 3.23. The van der Waals surface area contributed by atoms with Crippen LogP contribution in [0.1, 0.15) is 11.1 Å². The Morgan fingerprint density at radius 3 is 2.24 bits per heavy atom. The summed E-state index contributed by atoms with van der Waals surface area (Å²) in [5.41, 5.74) is -0.480. The van der Waals surface area contributed by atoms with Crippen LogP contribution in [0, 0.1) is 11.6 Å². The molecule has 0 aliphatic heterocycles. The van der Waals surface area contributed by atoms with Crippen molar-refractivity contribution in [2.24, 2.45) is 0 Å². The largest absolute Gasteiger partial charge is 0.395 e. The summed E-state index contributed by atoms with van der Waals surface area (Å²) >= 11 is 5.98. The highest BCUT2D eigenvalue weighted by atomic mass is 35.5. The first-order valence-corrected chi connectivity index (χ1v) is 6.81. The molecule has 0 saturated heterocycles. The molecule has 0 aliphatic rings. The fraction of sp³-hybridized carbons (Fsp3) is 0.250. The number of halogens is 3. The van der Waals surface area contributed by atoms with Gasteiger partial charge in [0.1, 0.15) is 11.6 Å². The maximum atomic E-state index is 14.0. The standard InChI is InChI=1S/C16H15ClF2O2/c17-14-7-12(18)6-5-11(14)8-16(9-20,10-21)13-3-1-2-4-15(13)19/h1-7,20-21H,8-10H2. The topological polar surface area (TPSA) is 40.5 Å². The molecule has 0 heterocycles. The molecule has 2 aromatic rings. The van der Waals surface area contributed by atoms with Crippen molar-refractivity contribution in [1.82, 2.24) is 0 Å². The zero-order valence-electron chi connectivity index (χ0n) is 11.2. The molecule has 0 atom stereocenters. The SMILES string of the molecule is OCC(CO)(Cc1ccc(F)cc1Cl)c1ccccc1F. The van der Waals surface area contributed by atoms with E-state index in [0.29, 0.717) is 5.56 Å². The summed E-state index contributed by atoms with van der Waals surface area (Å²) in [6, 6.07) is 9.80. The van der Waals surface area contributed by atoms with E-state index in [4.69, 9.17) is 11.6 Å². The van der Waals surface area contributed by atoms with Gasteiger partial charge in [-0.15, -0.1) is 0 Å². The molecule has 2 N–H and O–H groups in total. The van der Waals surface area contributed by atoms with Gasteiger partial charge in [0.05, 0.1) is 13.2 Å². The average molecular weight is 313 g/mol. The third-order valence-corrected chi connectivity index (χ3v) is 3.95. The normalized spacial score (nSPS) is 11.7. The molecular weight excluding hydrogens is 298 g/mol. The van der Waals surface area contributed by atoms with Crippen LogP contribution in [0.2, 0.25) is 5.02 Å². The molecule has 2 aromatic carbocycles. The summed E-state index contributed by atoms with van der Waals surface area (Å²) in [6.45, 7) is -0.920. The van der Waals surface area contributed by atoms with Gasteiger partial charge in [-0.05, 0) is 35.7 Å². The van der Waals surface area contributed by atoms with E-state index in [9.17, 15) is 19.0 Å². The molecule has 0 saturated carbocycles. The van der Waals surface area contributed by atoms with Crippen molar-refractivity contribution in [1.29, 1.82) is 0 Å². The van der Waals surface area contributed by atoms with E-state index in [1.165, 1.54) is 30.3 Å². The Morgan fingerprint density at radius 2 is 1.67 bits per heavy atom. The Kier molecular flexibility index (Phi) is 4.93. The van der Waals surface area contributed by atoms with E-state index in [2.05, 4.69) is 0 Å². The van der Waals surface area contributed by atoms with Crippen molar-refractivity contribution < 1.29 is 19.0 Å². The first-order chi connectivity index (χ1) is 10.0. The van der Waals surface area contributed by atoms with Crippen molar-refractivity contribution in [3.05, 3.63) is 70.2 Å². The van der Waals surface area contributed by atoms with Crippen LogP contribution in [0.15, 0.2) is 42.5 Å². The monoisotopic (exact) mass is 312 g/mol. The van der Waals surface area contributed by atoms with Crippen molar-refractivity contribution in [3.8, 4) is 0 Å². The van der Waals surface area contributed by atoms with Crippen LogP contribution in [0.3, 0.4) is 0 Å². The van der Waals surface area contributed by atoms with Gasteiger partial charge in [-0.2, -0.15) is 0 Å². The van der Waals surface area contributed by atoms with Crippen LogP contribution in [0.5, 0.6) is 0 Å². The molecule has 2 nitrogen and oxygen atoms in total. The van der Waals surface area contributed by atoms with Crippen LogP contribution < -0.4 is 0 Å². The van der Waals surface area contributed by atoms with E-state index in [0.717, 1.165) is 6.07 Å². The molecule has 0 spiro atoms. The molecule has 0 aliphatic carbocycles. The summed E-state index contributed by atoms with van der Waals surface area (Å²) in [5, 5.41) is 19.6. The fourth-order valence-corrected chi connectivity index (χ4v) is 2.58. The summed E-state index contributed by atoms with van der Waals surface area (Å²) in [4.78, 5) is 0. The van der Waals surface area contributed by atoms with Gasteiger partial charge in [0.2, 0.25) is 0 Å². The average Bonchev–Trinajstić information content (AvgIpc) is 2.48. The Labute approximate surface area is 126 Å². The summed E-state index contributed by atoms with van der Waals surface area (Å²) in [7, 11) is 0. The van der Waals surface area contributed by atoms with E-state index in [1.54, 1.807) is 6.07 Å². The number of aliphatic hydroxyl groups is 2. The first-order valence-electron chi connectivity index (χ1n) is 6.43. The number of hydrogen-bond donors (Lipinski definition) is 2. The smallest absolute Gasteiger partial charge is 0.127 e. The molecule has 2 rings (SSSR count). The predicted molar refractivity (Wildman–Crippen MR) is 77.4 cm³/mol. The van der Waals surface area contributed by atoms with Gasteiger partial charge in [0.15, 0.2) is 0 Å². The summed E-state index contributed by atoms with van der Waals surface area (Å²) in [6.07, 6.45) is 0.0973. The molecule has 112 valence electrons. The van der Waals surface area contributed by atoms with Gasteiger partial charge in [0, 0.05) is 10.4 Å². The van der Waals surface area contributed by atoms with Crippen LogP contribution >= 0.6 is 11.6 Å². The maximum absolute atomic E-state index is 14.0. The van der Waals surface area contributed by atoms with Crippen LogP contribution in [-0.2, 0) is 11.8 Å². The minimum absolute atomic E-state index is 0.0973. The van der Waals surface area contributed by atoms with Crippen molar-refractivity contribution >= 4 is 11.6 Å². The highest BCUT2D eigenvalue weighted by Gasteiger charge is 2.34. The van der Waals surface area contributed by atoms with Gasteiger partial charge in [-0.25, -0.2) is 8.78 Å². The predicted octanol–water partition coefficient (Wildman–Crippen LogP) is 3.08.